The highest BCUT2D eigenvalue weighted by Crippen LogP contribution is 2.25. The van der Waals surface area contributed by atoms with Gasteiger partial charge in [-0.25, -0.2) is 0 Å². The molecule has 0 aromatic carbocycles. The fraction of sp³-hybridized carbons (Fsp3) is 1.00. The minimum atomic E-state index is 0.465. The molecule has 0 aliphatic heterocycles. The zero-order valence-electron chi connectivity index (χ0n) is 15.6. The molecule has 0 N–H and O–H groups in total. The van der Waals surface area contributed by atoms with Gasteiger partial charge < -0.3 is 9.47 Å². The number of hydrogen-bond donors (Lipinski definition) is 0. The van der Waals surface area contributed by atoms with E-state index in [9.17, 15) is 0 Å². The first kappa shape index (κ1) is 22.4. The van der Waals surface area contributed by atoms with Crippen LogP contribution in [0, 0.1) is 17.8 Å². The molecule has 0 rings (SSSR count). The van der Waals surface area contributed by atoms with Gasteiger partial charge in [-0.2, -0.15) is 0 Å². The van der Waals surface area contributed by atoms with Crippen molar-refractivity contribution in [3.05, 3.63) is 0 Å². The topological polar surface area (TPSA) is 18.5 Å². The lowest BCUT2D eigenvalue weighted by molar-refractivity contribution is -0.0558. The van der Waals surface area contributed by atoms with Crippen molar-refractivity contribution in [1.29, 1.82) is 0 Å². The molecule has 0 saturated heterocycles. The van der Waals surface area contributed by atoms with E-state index in [-0.39, 0.29) is 0 Å². The van der Waals surface area contributed by atoms with Crippen molar-refractivity contribution in [2.24, 2.45) is 17.8 Å². The Bertz CT molecular complexity index is 233. The number of rotatable bonds is 15. The average Bonchev–Trinajstić information content (AvgIpc) is 2.40. The molecule has 0 radical (unpaired) electrons. The second-order valence-corrected chi connectivity index (χ2v) is 8.80. The van der Waals surface area contributed by atoms with Crippen LogP contribution in [0.2, 0.25) is 0 Å². The van der Waals surface area contributed by atoms with Gasteiger partial charge in [0.15, 0.2) is 0 Å². The van der Waals surface area contributed by atoms with Crippen LogP contribution < -0.4 is 0 Å². The minimum absolute atomic E-state index is 0.465. The highest BCUT2D eigenvalue weighted by atomic mass is 79.9. The number of alkyl halides is 1. The fourth-order valence-electron chi connectivity index (χ4n) is 3.20. The van der Waals surface area contributed by atoms with Gasteiger partial charge in [-0.3, -0.25) is 0 Å². The summed E-state index contributed by atoms with van der Waals surface area (Å²) in [5.74, 6) is 2.45. The molecule has 4 atom stereocenters. The molecule has 134 valence electrons. The lowest BCUT2D eigenvalue weighted by Gasteiger charge is -2.21. The molecule has 0 aliphatic carbocycles. The van der Waals surface area contributed by atoms with E-state index in [4.69, 9.17) is 9.47 Å². The summed E-state index contributed by atoms with van der Waals surface area (Å²) >= 11 is 3.66. The van der Waals surface area contributed by atoms with Gasteiger partial charge in [0, 0.05) is 18.0 Å². The van der Waals surface area contributed by atoms with Crippen LogP contribution in [-0.2, 0) is 9.47 Å². The zero-order chi connectivity index (χ0) is 16.8. The maximum absolute atomic E-state index is 5.52. The lowest BCUT2D eigenvalue weighted by Crippen LogP contribution is -2.11. The normalized spacial score (nSPS) is 17.2. The molecule has 22 heavy (non-hydrogen) atoms. The van der Waals surface area contributed by atoms with Crippen molar-refractivity contribution in [2.45, 2.75) is 84.4 Å². The molecule has 0 saturated carbocycles. The van der Waals surface area contributed by atoms with Crippen LogP contribution in [0.1, 0.15) is 79.6 Å². The molecule has 0 amide bonds. The standard InChI is InChI=1S/C19H39BrO2/c1-6-7-10-21-15-22-11-8-9-16(2)12-17(3)13-18(4)14-19(5)20/h16-19H,6-15H2,1-5H3. The van der Waals surface area contributed by atoms with Gasteiger partial charge in [0.25, 0.3) is 0 Å². The second-order valence-electron chi connectivity index (χ2n) is 7.23. The molecule has 2 nitrogen and oxygen atoms in total. The van der Waals surface area contributed by atoms with E-state index < -0.39 is 0 Å². The predicted molar refractivity (Wildman–Crippen MR) is 101 cm³/mol. The largest absolute Gasteiger partial charge is 0.355 e. The maximum Gasteiger partial charge on any atom is 0.146 e. The van der Waals surface area contributed by atoms with Crippen molar-refractivity contribution in [3.63, 3.8) is 0 Å². The molecule has 0 heterocycles. The summed E-state index contributed by atoms with van der Waals surface area (Å²) in [5.41, 5.74) is 0. The highest BCUT2D eigenvalue weighted by Gasteiger charge is 2.13. The van der Waals surface area contributed by atoms with Crippen molar-refractivity contribution in [3.8, 4) is 0 Å². The van der Waals surface area contributed by atoms with E-state index in [2.05, 4.69) is 50.5 Å². The van der Waals surface area contributed by atoms with Crippen molar-refractivity contribution >= 4 is 15.9 Å². The van der Waals surface area contributed by atoms with Gasteiger partial charge in [-0.05, 0) is 56.3 Å². The Kier molecular flexibility index (Phi) is 15.2. The van der Waals surface area contributed by atoms with Gasteiger partial charge in [0.05, 0.1) is 0 Å². The first-order chi connectivity index (χ1) is 10.5. The van der Waals surface area contributed by atoms with E-state index in [0.29, 0.717) is 11.6 Å². The molecule has 4 unspecified atom stereocenters. The van der Waals surface area contributed by atoms with Crippen molar-refractivity contribution in [1.82, 2.24) is 0 Å². The van der Waals surface area contributed by atoms with E-state index >= 15 is 0 Å². The summed E-state index contributed by atoms with van der Waals surface area (Å²) in [6.07, 6.45) is 8.70. The Morgan fingerprint density at radius 1 is 0.773 bits per heavy atom. The molecular formula is C19H39BrO2. The molecule has 0 aliphatic rings. The van der Waals surface area contributed by atoms with Crippen LogP contribution in [0.4, 0.5) is 0 Å². The Morgan fingerprint density at radius 2 is 1.32 bits per heavy atom. The Hall–Kier alpha value is 0.400. The number of ether oxygens (including phenoxy) is 2. The van der Waals surface area contributed by atoms with Crippen LogP contribution in [0.25, 0.3) is 0 Å². The van der Waals surface area contributed by atoms with Gasteiger partial charge >= 0.3 is 0 Å². The molecular weight excluding hydrogens is 340 g/mol. The molecule has 3 heteroatoms. The van der Waals surface area contributed by atoms with E-state index in [1.165, 1.54) is 32.1 Å². The number of halogens is 1. The second kappa shape index (κ2) is 15.0. The van der Waals surface area contributed by atoms with Crippen LogP contribution in [0.5, 0.6) is 0 Å². The summed E-state index contributed by atoms with van der Waals surface area (Å²) in [4.78, 5) is 0.642. The summed E-state index contributed by atoms with van der Waals surface area (Å²) in [5, 5.41) is 0. The molecule has 0 aromatic rings. The average molecular weight is 379 g/mol. The quantitative estimate of drug-likeness (QED) is 0.186. The van der Waals surface area contributed by atoms with Crippen LogP contribution in [-0.4, -0.2) is 24.8 Å². The summed E-state index contributed by atoms with van der Waals surface area (Å²) < 4.78 is 10.9. The Balaban J connectivity index is 3.49. The van der Waals surface area contributed by atoms with Crippen LogP contribution in [0.15, 0.2) is 0 Å². The highest BCUT2D eigenvalue weighted by molar-refractivity contribution is 9.09. The number of hydrogen-bond acceptors (Lipinski definition) is 2. The van der Waals surface area contributed by atoms with E-state index in [1.54, 1.807) is 0 Å². The van der Waals surface area contributed by atoms with Gasteiger partial charge in [-0.15, -0.1) is 0 Å². The molecule has 0 bridgehead atoms. The Morgan fingerprint density at radius 3 is 1.91 bits per heavy atom. The van der Waals surface area contributed by atoms with Crippen LogP contribution >= 0.6 is 15.9 Å². The fourth-order valence-corrected chi connectivity index (χ4v) is 3.83. The van der Waals surface area contributed by atoms with E-state index in [0.717, 1.165) is 43.8 Å². The number of unbranched alkanes of at least 4 members (excludes halogenated alkanes) is 1. The molecule has 0 spiro atoms. The first-order valence-electron chi connectivity index (χ1n) is 9.25. The lowest BCUT2D eigenvalue weighted by atomic mass is 9.86. The third kappa shape index (κ3) is 15.3. The van der Waals surface area contributed by atoms with Gasteiger partial charge in [0.1, 0.15) is 6.79 Å². The first-order valence-corrected chi connectivity index (χ1v) is 10.2. The molecule has 0 aromatic heterocycles. The predicted octanol–water partition coefficient (Wildman–Crippen LogP) is 6.42. The van der Waals surface area contributed by atoms with Gasteiger partial charge in [0.2, 0.25) is 0 Å². The zero-order valence-corrected chi connectivity index (χ0v) is 17.2. The summed E-state index contributed by atoms with van der Waals surface area (Å²) in [6, 6.07) is 0. The summed E-state index contributed by atoms with van der Waals surface area (Å²) in [7, 11) is 0. The maximum atomic E-state index is 5.52. The third-order valence-corrected chi connectivity index (χ3v) is 4.50. The SMILES string of the molecule is CCCCOCOCCCC(C)CC(C)CC(C)CC(C)Br. The minimum Gasteiger partial charge on any atom is -0.355 e. The summed E-state index contributed by atoms with van der Waals surface area (Å²) in [6.45, 7) is 13.7. The monoisotopic (exact) mass is 378 g/mol. The van der Waals surface area contributed by atoms with Crippen LogP contribution in [0.3, 0.4) is 0 Å². The molecule has 0 fully saturated rings. The third-order valence-electron chi connectivity index (χ3n) is 4.13. The van der Waals surface area contributed by atoms with Gasteiger partial charge in [-0.1, -0.05) is 57.0 Å². The Labute approximate surface area is 147 Å². The smallest absolute Gasteiger partial charge is 0.146 e. The van der Waals surface area contributed by atoms with E-state index in [1.807, 2.05) is 0 Å². The van der Waals surface area contributed by atoms with Crippen molar-refractivity contribution < 1.29 is 9.47 Å². The van der Waals surface area contributed by atoms with Crippen molar-refractivity contribution in [2.75, 3.05) is 20.0 Å².